The number of ether oxygens (including phenoxy) is 1. The second-order valence-electron chi connectivity index (χ2n) is 6.66. The topological polar surface area (TPSA) is 24.8 Å². The van der Waals surface area contributed by atoms with Gasteiger partial charge < -0.3 is 9.64 Å². The number of aliphatic imine (C=N–C) groups is 1. The first-order valence-corrected chi connectivity index (χ1v) is 8.72. The van der Waals surface area contributed by atoms with E-state index in [0.29, 0.717) is 6.10 Å². The Morgan fingerprint density at radius 3 is 2.46 bits per heavy atom. The zero-order chi connectivity index (χ0) is 16.9. The van der Waals surface area contributed by atoms with Gasteiger partial charge in [-0.05, 0) is 67.8 Å². The Bertz CT molecular complexity index is 703. The molecule has 0 radical (unpaired) electrons. The third kappa shape index (κ3) is 3.78. The van der Waals surface area contributed by atoms with Gasteiger partial charge in [-0.3, -0.25) is 4.99 Å². The smallest absolute Gasteiger partial charge is 0.145 e. The maximum Gasteiger partial charge on any atom is 0.145 e. The average Bonchev–Trinajstić information content (AvgIpc) is 2.63. The van der Waals surface area contributed by atoms with Crippen LogP contribution in [0.3, 0.4) is 0 Å². The Hall–Kier alpha value is -2.29. The second kappa shape index (κ2) is 7.52. The third-order valence-electron chi connectivity index (χ3n) is 4.67. The van der Waals surface area contributed by atoms with Crippen molar-refractivity contribution in [3.05, 3.63) is 42.5 Å². The van der Waals surface area contributed by atoms with Gasteiger partial charge >= 0.3 is 0 Å². The van der Waals surface area contributed by atoms with Crippen LogP contribution >= 0.6 is 0 Å². The van der Waals surface area contributed by atoms with Crippen LogP contribution < -0.4 is 9.64 Å². The quantitative estimate of drug-likeness (QED) is 0.682. The highest BCUT2D eigenvalue weighted by atomic mass is 16.5. The van der Waals surface area contributed by atoms with E-state index in [4.69, 9.17) is 4.74 Å². The molecule has 1 aliphatic rings. The molecule has 0 saturated heterocycles. The van der Waals surface area contributed by atoms with Gasteiger partial charge in [0.2, 0.25) is 0 Å². The summed E-state index contributed by atoms with van der Waals surface area (Å²) in [5.74, 6) is 0.851. The molecule has 1 aliphatic carbocycles. The van der Waals surface area contributed by atoms with Crippen LogP contribution in [0.2, 0.25) is 0 Å². The van der Waals surface area contributed by atoms with Crippen LogP contribution in [0.4, 0.5) is 11.4 Å². The van der Waals surface area contributed by atoms with Crippen LogP contribution in [0.5, 0.6) is 5.75 Å². The fraction of sp³-hybridized carbons (Fsp3) is 0.381. The van der Waals surface area contributed by atoms with Crippen LogP contribution in [-0.4, -0.2) is 26.9 Å². The maximum absolute atomic E-state index is 6.19. The molecule has 24 heavy (non-hydrogen) atoms. The monoisotopic (exact) mass is 322 g/mol. The molecular formula is C21H26N2O. The minimum Gasteiger partial charge on any atom is -0.488 e. The largest absolute Gasteiger partial charge is 0.488 e. The van der Waals surface area contributed by atoms with Gasteiger partial charge in [-0.25, -0.2) is 0 Å². The molecule has 2 aromatic rings. The molecule has 0 atom stereocenters. The van der Waals surface area contributed by atoms with Gasteiger partial charge in [0.1, 0.15) is 11.4 Å². The molecule has 0 spiro atoms. The summed E-state index contributed by atoms with van der Waals surface area (Å²) in [6.45, 7) is 3.73. The molecule has 1 fully saturated rings. The summed E-state index contributed by atoms with van der Waals surface area (Å²) < 4.78 is 6.19. The molecule has 3 nitrogen and oxygen atoms in total. The van der Waals surface area contributed by atoms with E-state index in [1.807, 2.05) is 6.07 Å². The van der Waals surface area contributed by atoms with E-state index in [0.717, 1.165) is 29.8 Å². The van der Waals surface area contributed by atoms with Crippen LogP contribution in [0.25, 0.3) is 11.1 Å². The molecule has 3 heteroatoms. The summed E-state index contributed by atoms with van der Waals surface area (Å²) >= 11 is 0. The van der Waals surface area contributed by atoms with Crippen LogP contribution in [0, 0.1) is 0 Å². The lowest BCUT2D eigenvalue weighted by atomic mass is 9.97. The molecule has 0 unspecified atom stereocenters. The van der Waals surface area contributed by atoms with Crippen molar-refractivity contribution < 1.29 is 4.74 Å². The van der Waals surface area contributed by atoms with Gasteiger partial charge in [-0.1, -0.05) is 24.6 Å². The standard InChI is InChI=1S/C21H26N2O/c1-22-20-15-17(16-8-7-9-18(14-16)23(2)3)12-13-21(20)24-19-10-5-4-6-11-19/h7-9,12-15,19H,1,4-6,10-11H2,2-3H3. The summed E-state index contributed by atoms with van der Waals surface area (Å²) in [7, 11) is 4.11. The van der Waals surface area contributed by atoms with Crippen molar-refractivity contribution in [2.75, 3.05) is 19.0 Å². The average molecular weight is 322 g/mol. The molecule has 0 aliphatic heterocycles. The van der Waals surface area contributed by atoms with Crippen molar-refractivity contribution in [2.24, 2.45) is 4.99 Å². The first kappa shape index (κ1) is 16.6. The Kier molecular flexibility index (Phi) is 5.19. The Morgan fingerprint density at radius 2 is 1.75 bits per heavy atom. The van der Waals surface area contributed by atoms with Crippen molar-refractivity contribution in [1.82, 2.24) is 0 Å². The molecule has 0 aromatic heterocycles. The highest BCUT2D eigenvalue weighted by Gasteiger charge is 2.16. The van der Waals surface area contributed by atoms with E-state index in [1.54, 1.807) is 0 Å². The Labute approximate surface area is 145 Å². The highest BCUT2D eigenvalue weighted by Crippen LogP contribution is 2.35. The number of benzene rings is 2. The SMILES string of the molecule is C=Nc1cc(-c2cccc(N(C)C)c2)ccc1OC1CCCCC1. The number of rotatable bonds is 5. The fourth-order valence-corrected chi connectivity index (χ4v) is 3.25. The van der Waals surface area contributed by atoms with Crippen LogP contribution in [0.1, 0.15) is 32.1 Å². The predicted molar refractivity (Wildman–Crippen MR) is 103 cm³/mol. The van der Waals surface area contributed by atoms with E-state index in [9.17, 15) is 0 Å². The van der Waals surface area contributed by atoms with Gasteiger partial charge in [0, 0.05) is 19.8 Å². The molecule has 3 rings (SSSR count). The van der Waals surface area contributed by atoms with Crippen LogP contribution in [0.15, 0.2) is 47.5 Å². The van der Waals surface area contributed by atoms with Crippen molar-refractivity contribution in [3.63, 3.8) is 0 Å². The van der Waals surface area contributed by atoms with Crippen molar-refractivity contribution in [3.8, 4) is 16.9 Å². The van der Waals surface area contributed by atoms with Gasteiger partial charge in [0.05, 0.1) is 6.10 Å². The number of hydrogen-bond donors (Lipinski definition) is 0. The second-order valence-corrected chi connectivity index (χ2v) is 6.66. The number of anilines is 1. The molecule has 126 valence electrons. The van der Waals surface area contributed by atoms with Gasteiger partial charge in [-0.15, -0.1) is 0 Å². The molecule has 0 bridgehead atoms. The molecule has 1 saturated carbocycles. The van der Waals surface area contributed by atoms with E-state index < -0.39 is 0 Å². The molecule has 0 N–H and O–H groups in total. The van der Waals surface area contributed by atoms with Gasteiger partial charge in [0.25, 0.3) is 0 Å². The first-order valence-electron chi connectivity index (χ1n) is 8.72. The minimum absolute atomic E-state index is 0.321. The molecular weight excluding hydrogens is 296 g/mol. The van der Waals surface area contributed by atoms with Crippen molar-refractivity contribution >= 4 is 18.1 Å². The maximum atomic E-state index is 6.19. The molecule has 0 amide bonds. The Balaban J connectivity index is 1.85. The summed E-state index contributed by atoms with van der Waals surface area (Å²) in [5, 5.41) is 0. The first-order chi connectivity index (χ1) is 11.7. The minimum atomic E-state index is 0.321. The third-order valence-corrected chi connectivity index (χ3v) is 4.67. The van der Waals surface area contributed by atoms with Crippen molar-refractivity contribution in [1.29, 1.82) is 0 Å². The Morgan fingerprint density at radius 1 is 1.00 bits per heavy atom. The zero-order valence-electron chi connectivity index (χ0n) is 14.7. The molecule has 0 heterocycles. The van der Waals surface area contributed by atoms with E-state index in [2.05, 4.69) is 67.1 Å². The van der Waals surface area contributed by atoms with Gasteiger partial charge in [0.15, 0.2) is 0 Å². The number of nitrogens with zero attached hydrogens (tertiary/aromatic N) is 2. The lowest BCUT2D eigenvalue weighted by molar-refractivity contribution is 0.156. The fourth-order valence-electron chi connectivity index (χ4n) is 3.25. The van der Waals surface area contributed by atoms with Crippen LogP contribution in [-0.2, 0) is 0 Å². The normalized spacial score (nSPS) is 15.1. The van der Waals surface area contributed by atoms with Crippen molar-refractivity contribution in [2.45, 2.75) is 38.2 Å². The number of hydrogen-bond acceptors (Lipinski definition) is 3. The van der Waals surface area contributed by atoms with E-state index in [-0.39, 0.29) is 0 Å². The van der Waals surface area contributed by atoms with E-state index >= 15 is 0 Å². The highest BCUT2D eigenvalue weighted by molar-refractivity contribution is 5.73. The molecule has 2 aromatic carbocycles. The summed E-state index contributed by atoms with van der Waals surface area (Å²) in [6, 6.07) is 14.7. The summed E-state index contributed by atoms with van der Waals surface area (Å²) in [4.78, 5) is 6.30. The van der Waals surface area contributed by atoms with E-state index in [1.165, 1.54) is 30.5 Å². The van der Waals surface area contributed by atoms with Gasteiger partial charge in [-0.2, -0.15) is 0 Å². The zero-order valence-corrected chi connectivity index (χ0v) is 14.7. The predicted octanol–water partition coefficient (Wildman–Crippen LogP) is 5.46. The summed E-state index contributed by atoms with van der Waals surface area (Å²) in [6.07, 6.45) is 6.45. The lowest BCUT2D eigenvalue weighted by Crippen LogP contribution is -2.19. The lowest BCUT2D eigenvalue weighted by Gasteiger charge is -2.24. The summed E-state index contributed by atoms with van der Waals surface area (Å²) in [5.41, 5.74) is 4.32.